The number of rotatable bonds is 24. The summed E-state index contributed by atoms with van der Waals surface area (Å²) in [5.74, 6) is -5.82. The molecular weight excluding hydrogens is 883 g/mol. The highest BCUT2D eigenvalue weighted by Crippen LogP contribution is 2.45. The zero-order valence-corrected chi connectivity index (χ0v) is 40.4. The monoisotopic (exact) mass is 953 g/mol. The molecule has 4 fully saturated rings. The molecule has 6 rings (SSSR count). The van der Waals surface area contributed by atoms with Crippen molar-refractivity contribution < 1.29 is 71.6 Å². The van der Waals surface area contributed by atoms with Crippen LogP contribution >= 0.6 is 0 Å². The van der Waals surface area contributed by atoms with Crippen molar-refractivity contribution in [2.45, 2.75) is 160 Å². The first-order valence-corrected chi connectivity index (χ1v) is 24.1. The number of carbonyl (C=O) groups excluding carboxylic acids is 3. The van der Waals surface area contributed by atoms with Gasteiger partial charge in [0.05, 0.1) is 58.6 Å². The number of esters is 3. The van der Waals surface area contributed by atoms with Crippen molar-refractivity contribution in [1.82, 2.24) is 0 Å². The minimum Gasteiger partial charge on any atom is -0.465 e. The fourth-order valence-corrected chi connectivity index (χ4v) is 9.54. The lowest BCUT2D eigenvalue weighted by Crippen LogP contribution is -2.62. The van der Waals surface area contributed by atoms with Crippen molar-refractivity contribution in [2.75, 3.05) is 33.5 Å². The molecule has 0 amide bonds. The van der Waals surface area contributed by atoms with Gasteiger partial charge in [-0.2, -0.15) is 0 Å². The van der Waals surface area contributed by atoms with E-state index in [0.29, 0.717) is 32.6 Å². The van der Waals surface area contributed by atoms with Crippen LogP contribution in [0.15, 0.2) is 65.8 Å². The molecule has 4 heterocycles. The van der Waals surface area contributed by atoms with Gasteiger partial charge >= 0.3 is 17.9 Å². The molecule has 4 aliphatic heterocycles. The summed E-state index contributed by atoms with van der Waals surface area (Å²) in [5, 5.41) is 15.4. The Labute approximate surface area is 399 Å². The Hall–Kier alpha value is -4.20. The third-order valence-corrected chi connectivity index (χ3v) is 13.9. The molecule has 0 radical (unpaired) electrons. The average Bonchev–Trinajstić information content (AvgIpc) is 3.72. The average molecular weight is 954 g/mol. The minimum atomic E-state index is -2.11. The summed E-state index contributed by atoms with van der Waals surface area (Å²) >= 11 is 0. The molecule has 0 aliphatic carbocycles. The van der Waals surface area contributed by atoms with Gasteiger partial charge in [0.1, 0.15) is 36.6 Å². The van der Waals surface area contributed by atoms with Crippen molar-refractivity contribution in [3.05, 3.63) is 82.2 Å². The first kappa shape index (κ1) is 53.2. The summed E-state index contributed by atoms with van der Waals surface area (Å²) in [5.41, 5.74) is 10.6. The SMILES string of the molecule is CC[C@@H](C)[C@@H](OC(C)=O)C1O[C@@](OCC2O[C@@H](O[C@H]3C(COCc4ccccc4)O[C@@H](OCCCCCN=[N+]=[N-])C(OCc4ccccc4)[C@H]3C)C(C)[C@@H](C)[C@H]2O)(C(=O)OC)C[C@H]2OC(=O)C[C@@H]12. The molecule has 2 aromatic rings. The first-order chi connectivity index (χ1) is 32.8. The number of nitrogens with zero attached hydrogens (tertiary/aromatic N) is 3. The molecule has 0 aromatic heterocycles. The number of ether oxygens (including phenoxy) is 11. The fraction of sp³-hybridized carbons (Fsp3) is 0.700. The number of benzene rings is 2. The number of aliphatic hydroxyl groups excluding tert-OH is 1. The normalized spacial score (nSPS) is 33.4. The van der Waals surface area contributed by atoms with Crippen LogP contribution in [0.3, 0.4) is 0 Å². The van der Waals surface area contributed by atoms with Gasteiger partial charge in [0.25, 0.3) is 5.79 Å². The number of hydrogen-bond donors (Lipinski definition) is 1. The van der Waals surface area contributed by atoms with Crippen LogP contribution in [0, 0.1) is 29.6 Å². The van der Waals surface area contributed by atoms with Crippen LogP contribution in [-0.2, 0) is 79.7 Å². The molecule has 68 heavy (non-hydrogen) atoms. The Morgan fingerprint density at radius 2 is 1.59 bits per heavy atom. The number of carbonyl (C=O) groups is 3. The maximum Gasteiger partial charge on any atom is 0.366 e. The van der Waals surface area contributed by atoms with E-state index >= 15 is 0 Å². The van der Waals surface area contributed by atoms with E-state index in [2.05, 4.69) is 10.0 Å². The Bertz CT molecular complexity index is 1940. The predicted molar refractivity (Wildman–Crippen MR) is 244 cm³/mol. The van der Waals surface area contributed by atoms with Gasteiger partial charge in [-0.25, -0.2) is 4.79 Å². The van der Waals surface area contributed by atoms with Crippen LogP contribution in [0.2, 0.25) is 0 Å². The molecular formula is C50H71N3O15. The number of hydrogen-bond acceptors (Lipinski definition) is 16. The molecule has 0 spiro atoms. The van der Waals surface area contributed by atoms with E-state index in [1.807, 2.05) is 95.3 Å². The highest BCUT2D eigenvalue weighted by Gasteiger charge is 2.61. The highest BCUT2D eigenvalue weighted by atomic mass is 16.8. The summed E-state index contributed by atoms with van der Waals surface area (Å²) in [4.78, 5) is 41.9. The quantitative estimate of drug-likeness (QED) is 0.0280. The van der Waals surface area contributed by atoms with Gasteiger partial charge in [-0.1, -0.05) is 107 Å². The number of azide groups is 1. The molecule has 16 atom stereocenters. The van der Waals surface area contributed by atoms with Gasteiger partial charge in [-0.05, 0) is 47.8 Å². The summed E-state index contributed by atoms with van der Waals surface area (Å²) < 4.78 is 69.6. The molecule has 18 heteroatoms. The Balaban J connectivity index is 1.24. The largest absolute Gasteiger partial charge is 0.465 e. The van der Waals surface area contributed by atoms with Crippen LogP contribution in [0.5, 0.6) is 0 Å². The lowest BCUT2D eigenvalue weighted by atomic mass is 9.80. The van der Waals surface area contributed by atoms with E-state index in [4.69, 9.17) is 57.6 Å². The van der Waals surface area contributed by atoms with Crippen LogP contribution < -0.4 is 0 Å². The molecule has 1 N–H and O–H groups in total. The van der Waals surface area contributed by atoms with E-state index < -0.39 is 91.0 Å². The van der Waals surface area contributed by atoms with E-state index in [1.165, 1.54) is 14.0 Å². The Kier molecular flexibility index (Phi) is 20.0. The molecule has 4 saturated heterocycles. The number of aliphatic hydroxyl groups is 1. The van der Waals surface area contributed by atoms with E-state index in [0.717, 1.165) is 24.0 Å². The summed E-state index contributed by atoms with van der Waals surface area (Å²) in [6, 6.07) is 19.6. The van der Waals surface area contributed by atoms with Gasteiger partial charge in [0.2, 0.25) is 0 Å². The van der Waals surface area contributed by atoms with Crippen molar-refractivity contribution in [3.8, 4) is 0 Å². The molecule has 4 aliphatic rings. The molecule has 376 valence electrons. The summed E-state index contributed by atoms with van der Waals surface area (Å²) in [6.45, 7) is 12.2. The van der Waals surface area contributed by atoms with Crippen LogP contribution in [0.1, 0.15) is 91.2 Å². The summed E-state index contributed by atoms with van der Waals surface area (Å²) in [6.07, 6.45) is -5.65. The van der Waals surface area contributed by atoms with Crippen molar-refractivity contribution in [3.63, 3.8) is 0 Å². The number of unbranched alkanes of at least 4 members (excludes halogenated alkanes) is 2. The third-order valence-electron chi connectivity index (χ3n) is 13.9. The fourth-order valence-electron chi connectivity index (χ4n) is 9.54. The zero-order valence-electron chi connectivity index (χ0n) is 40.4. The van der Waals surface area contributed by atoms with Crippen molar-refractivity contribution >= 4 is 17.9 Å². The maximum atomic E-state index is 13.9. The van der Waals surface area contributed by atoms with Crippen LogP contribution in [-0.4, -0.2) is 124 Å². The second kappa shape index (κ2) is 25.6. The van der Waals surface area contributed by atoms with Crippen LogP contribution in [0.4, 0.5) is 0 Å². The van der Waals surface area contributed by atoms with Gasteiger partial charge < -0.3 is 57.2 Å². The van der Waals surface area contributed by atoms with Gasteiger partial charge in [0.15, 0.2) is 12.6 Å². The lowest BCUT2D eigenvalue weighted by molar-refractivity contribution is -0.356. The van der Waals surface area contributed by atoms with E-state index in [-0.39, 0.29) is 56.3 Å². The van der Waals surface area contributed by atoms with E-state index in [1.54, 1.807) is 0 Å². The molecule has 18 nitrogen and oxygen atoms in total. The molecule has 0 saturated carbocycles. The number of methoxy groups -OCH3 is 1. The standard InChI is InChI=1S/C50H71N3O15/c1-8-30(2)43(63-34(6)54)46-37-24-41(55)64-38(37)25-50(68-46,49(57)58-7)62-29-39-42(56)31(3)32(4)47(65-39)67-44-33(5)45(61-27-36-20-14-10-15-21-36)48(60-23-17-11-16-22-52-53-51)66-40(44)28-59-26-35-18-12-9-13-19-35/h9-10,12-15,18-21,30-33,37-40,42-48,56H,8,11,16-17,22-29H2,1-7H3/t30-,31-,32?,33+,37-,38-,39?,40?,42-,43-,44-,45?,46?,47+,48-,50-/m1/s1. The topological polar surface area (TPSA) is 222 Å². The van der Waals surface area contributed by atoms with E-state index in [9.17, 15) is 19.5 Å². The van der Waals surface area contributed by atoms with Gasteiger partial charge in [0, 0.05) is 42.7 Å². The second-order valence-electron chi connectivity index (χ2n) is 18.6. The third kappa shape index (κ3) is 13.6. The minimum absolute atomic E-state index is 0.00637. The lowest BCUT2D eigenvalue weighted by Gasteiger charge is -2.49. The highest BCUT2D eigenvalue weighted by molar-refractivity contribution is 5.79. The Morgan fingerprint density at radius 3 is 2.25 bits per heavy atom. The van der Waals surface area contributed by atoms with Gasteiger partial charge in [-0.3, -0.25) is 9.59 Å². The number of fused-ring (bicyclic) bond motifs is 1. The maximum absolute atomic E-state index is 13.9. The smallest absolute Gasteiger partial charge is 0.366 e. The molecule has 0 bridgehead atoms. The van der Waals surface area contributed by atoms with Crippen LogP contribution in [0.25, 0.3) is 10.4 Å². The van der Waals surface area contributed by atoms with Crippen molar-refractivity contribution in [1.29, 1.82) is 0 Å². The predicted octanol–water partition coefficient (Wildman–Crippen LogP) is 6.97. The second-order valence-corrected chi connectivity index (χ2v) is 18.6. The van der Waals surface area contributed by atoms with Gasteiger partial charge in [-0.15, -0.1) is 0 Å². The summed E-state index contributed by atoms with van der Waals surface area (Å²) in [7, 11) is 1.20. The van der Waals surface area contributed by atoms with Crippen molar-refractivity contribution in [2.24, 2.45) is 34.7 Å². The zero-order chi connectivity index (χ0) is 48.8. The Morgan fingerprint density at radius 1 is 0.897 bits per heavy atom. The molecule has 2 aromatic carbocycles. The first-order valence-electron chi connectivity index (χ1n) is 24.1. The molecule has 5 unspecified atom stereocenters.